The molecule has 2 aromatic carbocycles. The highest BCUT2D eigenvalue weighted by atomic mass is 16.5. The van der Waals surface area contributed by atoms with Crippen molar-refractivity contribution in [1.29, 1.82) is 0 Å². The van der Waals surface area contributed by atoms with Gasteiger partial charge in [-0.3, -0.25) is 0 Å². The number of anilines is 1. The highest BCUT2D eigenvalue weighted by Crippen LogP contribution is 2.15. The Morgan fingerprint density at radius 2 is 1.76 bits per heavy atom. The second kappa shape index (κ2) is 7.33. The van der Waals surface area contributed by atoms with E-state index in [9.17, 15) is 0 Å². The zero-order valence-electron chi connectivity index (χ0n) is 12.5. The number of benzene rings is 2. The molecule has 0 atom stereocenters. The molecule has 2 rings (SSSR count). The maximum absolute atomic E-state index is 5.82. The van der Waals surface area contributed by atoms with E-state index in [1.54, 1.807) is 0 Å². The van der Waals surface area contributed by atoms with E-state index >= 15 is 0 Å². The highest BCUT2D eigenvalue weighted by molar-refractivity contribution is 5.92. The lowest BCUT2D eigenvalue weighted by Crippen LogP contribution is -2.23. The Morgan fingerprint density at radius 3 is 2.43 bits per heavy atom. The quantitative estimate of drug-likeness (QED) is 0.503. The molecule has 0 aliphatic carbocycles. The van der Waals surface area contributed by atoms with E-state index < -0.39 is 0 Å². The molecule has 3 N–H and O–H groups in total. The average molecular weight is 283 g/mol. The summed E-state index contributed by atoms with van der Waals surface area (Å²) < 4.78 is 5.68. The topological polar surface area (TPSA) is 59.6 Å². The number of nitrogens with one attached hydrogen (secondary N) is 1. The third-order valence-electron chi connectivity index (χ3n) is 2.88. The molecule has 110 valence electrons. The predicted octanol–water partition coefficient (Wildman–Crippen LogP) is 3.11. The fourth-order valence-electron chi connectivity index (χ4n) is 2.05. The number of rotatable bonds is 5. The first-order valence-corrected chi connectivity index (χ1v) is 6.96. The van der Waals surface area contributed by atoms with Crippen LogP contribution in [0.5, 0.6) is 5.75 Å². The Kier molecular flexibility index (Phi) is 5.21. The van der Waals surface area contributed by atoms with Gasteiger partial charge >= 0.3 is 0 Å². The van der Waals surface area contributed by atoms with Gasteiger partial charge in [0, 0.05) is 5.69 Å². The molecule has 21 heavy (non-hydrogen) atoms. The fourth-order valence-corrected chi connectivity index (χ4v) is 2.05. The number of aryl methyl sites for hydroxylation is 2. The Balaban J connectivity index is 1.79. The molecule has 0 aromatic heterocycles. The van der Waals surface area contributed by atoms with Crippen LogP contribution in [0.4, 0.5) is 5.69 Å². The molecular weight excluding hydrogens is 262 g/mol. The Labute approximate surface area is 125 Å². The summed E-state index contributed by atoms with van der Waals surface area (Å²) in [6.07, 6.45) is 0. The molecule has 4 nitrogen and oxygen atoms in total. The van der Waals surface area contributed by atoms with Crippen molar-refractivity contribution in [2.24, 2.45) is 10.7 Å². The summed E-state index contributed by atoms with van der Waals surface area (Å²) >= 11 is 0. The van der Waals surface area contributed by atoms with E-state index in [1.807, 2.05) is 42.5 Å². The minimum absolute atomic E-state index is 0.394. The summed E-state index contributed by atoms with van der Waals surface area (Å²) in [5.74, 6) is 1.27. The van der Waals surface area contributed by atoms with E-state index in [0.717, 1.165) is 11.4 Å². The van der Waals surface area contributed by atoms with Crippen molar-refractivity contribution in [3.8, 4) is 5.75 Å². The molecule has 0 heterocycles. The minimum atomic E-state index is 0.394. The van der Waals surface area contributed by atoms with Crippen LogP contribution in [0.25, 0.3) is 0 Å². The zero-order chi connectivity index (χ0) is 15.1. The molecule has 0 spiro atoms. The largest absolute Gasteiger partial charge is 0.492 e. The number of nitrogens with zero attached hydrogens (tertiary/aromatic N) is 1. The summed E-state index contributed by atoms with van der Waals surface area (Å²) in [5, 5.41) is 3.03. The van der Waals surface area contributed by atoms with Gasteiger partial charge in [-0.15, -0.1) is 0 Å². The SMILES string of the molecule is Cc1cc(C)cc(OCCN=C(N)Nc2ccccc2)c1. The van der Waals surface area contributed by atoms with E-state index in [2.05, 4.69) is 30.2 Å². The van der Waals surface area contributed by atoms with Crippen LogP contribution in [0.1, 0.15) is 11.1 Å². The molecule has 0 amide bonds. The molecule has 0 saturated carbocycles. The van der Waals surface area contributed by atoms with Crippen LogP contribution >= 0.6 is 0 Å². The van der Waals surface area contributed by atoms with Gasteiger partial charge in [0.2, 0.25) is 0 Å². The average Bonchev–Trinajstić information content (AvgIpc) is 2.44. The van der Waals surface area contributed by atoms with Gasteiger partial charge in [0.25, 0.3) is 0 Å². The molecule has 0 saturated heterocycles. The molecule has 0 radical (unpaired) electrons. The van der Waals surface area contributed by atoms with Gasteiger partial charge < -0.3 is 15.8 Å². The first-order valence-electron chi connectivity index (χ1n) is 6.96. The van der Waals surface area contributed by atoms with E-state index in [-0.39, 0.29) is 0 Å². The van der Waals surface area contributed by atoms with Crippen molar-refractivity contribution < 1.29 is 4.74 Å². The molecule has 2 aromatic rings. The number of nitrogens with two attached hydrogens (primary N) is 1. The van der Waals surface area contributed by atoms with Crippen LogP contribution in [0.2, 0.25) is 0 Å². The number of hydrogen-bond acceptors (Lipinski definition) is 2. The van der Waals surface area contributed by atoms with Crippen LogP contribution in [-0.4, -0.2) is 19.1 Å². The number of aliphatic imine (C=N–C) groups is 1. The molecule has 0 aliphatic rings. The minimum Gasteiger partial charge on any atom is -0.492 e. The molecular formula is C17H21N3O. The fraction of sp³-hybridized carbons (Fsp3) is 0.235. The third kappa shape index (κ3) is 5.18. The van der Waals surface area contributed by atoms with Crippen LogP contribution in [0.3, 0.4) is 0 Å². The molecule has 4 heteroatoms. The highest BCUT2D eigenvalue weighted by Gasteiger charge is 1.97. The number of ether oxygens (including phenoxy) is 1. The van der Waals surface area contributed by atoms with Gasteiger partial charge in [0.1, 0.15) is 12.4 Å². The van der Waals surface area contributed by atoms with Crippen LogP contribution < -0.4 is 15.8 Å². The summed E-state index contributed by atoms with van der Waals surface area (Å²) in [5.41, 5.74) is 9.13. The zero-order valence-corrected chi connectivity index (χ0v) is 12.5. The van der Waals surface area contributed by atoms with Crippen molar-refractivity contribution >= 4 is 11.6 Å². The van der Waals surface area contributed by atoms with Crippen LogP contribution in [0.15, 0.2) is 53.5 Å². The Morgan fingerprint density at radius 1 is 1.10 bits per heavy atom. The van der Waals surface area contributed by atoms with Gasteiger partial charge in [0.05, 0.1) is 6.54 Å². The molecule has 0 unspecified atom stereocenters. The molecule has 0 aliphatic heterocycles. The molecule has 0 fully saturated rings. The first-order chi connectivity index (χ1) is 10.1. The maximum Gasteiger partial charge on any atom is 0.193 e. The lowest BCUT2D eigenvalue weighted by atomic mass is 10.1. The van der Waals surface area contributed by atoms with E-state index in [1.165, 1.54) is 11.1 Å². The van der Waals surface area contributed by atoms with Gasteiger partial charge in [-0.05, 0) is 49.2 Å². The van der Waals surface area contributed by atoms with Crippen molar-refractivity contribution in [1.82, 2.24) is 0 Å². The smallest absolute Gasteiger partial charge is 0.193 e. The lowest BCUT2D eigenvalue weighted by molar-refractivity contribution is 0.328. The predicted molar refractivity (Wildman–Crippen MR) is 88.0 cm³/mol. The lowest BCUT2D eigenvalue weighted by Gasteiger charge is -2.08. The summed E-state index contributed by atoms with van der Waals surface area (Å²) in [6.45, 7) is 5.12. The second-order valence-electron chi connectivity index (χ2n) is 4.93. The van der Waals surface area contributed by atoms with Crippen molar-refractivity contribution in [2.45, 2.75) is 13.8 Å². The summed E-state index contributed by atoms with van der Waals surface area (Å²) in [6, 6.07) is 15.9. The van der Waals surface area contributed by atoms with E-state index in [4.69, 9.17) is 10.5 Å². The van der Waals surface area contributed by atoms with Crippen molar-refractivity contribution in [3.63, 3.8) is 0 Å². The number of guanidine groups is 1. The Bertz CT molecular complexity index is 588. The first kappa shape index (κ1) is 14.9. The third-order valence-corrected chi connectivity index (χ3v) is 2.88. The van der Waals surface area contributed by atoms with Gasteiger partial charge in [0.15, 0.2) is 5.96 Å². The van der Waals surface area contributed by atoms with Gasteiger partial charge in [-0.25, -0.2) is 4.99 Å². The Hall–Kier alpha value is -2.49. The normalized spacial score (nSPS) is 11.2. The van der Waals surface area contributed by atoms with Gasteiger partial charge in [-0.1, -0.05) is 24.3 Å². The van der Waals surface area contributed by atoms with E-state index in [0.29, 0.717) is 19.1 Å². The standard InChI is InChI=1S/C17H21N3O/c1-13-10-14(2)12-16(11-13)21-9-8-19-17(18)20-15-6-4-3-5-7-15/h3-7,10-12H,8-9H2,1-2H3,(H3,18,19,20). The second-order valence-corrected chi connectivity index (χ2v) is 4.93. The maximum atomic E-state index is 5.82. The number of para-hydroxylation sites is 1. The monoisotopic (exact) mass is 283 g/mol. The van der Waals surface area contributed by atoms with Crippen molar-refractivity contribution in [3.05, 3.63) is 59.7 Å². The van der Waals surface area contributed by atoms with Crippen LogP contribution in [-0.2, 0) is 0 Å². The summed E-state index contributed by atoms with van der Waals surface area (Å²) in [7, 11) is 0. The van der Waals surface area contributed by atoms with Gasteiger partial charge in [-0.2, -0.15) is 0 Å². The van der Waals surface area contributed by atoms with Crippen LogP contribution in [0, 0.1) is 13.8 Å². The van der Waals surface area contributed by atoms with Crippen molar-refractivity contribution in [2.75, 3.05) is 18.5 Å². The molecule has 0 bridgehead atoms. The number of hydrogen-bond donors (Lipinski definition) is 2. The summed E-state index contributed by atoms with van der Waals surface area (Å²) in [4.78, 5) is 4.24.